The number of nitrogens with zero attached hydrogens (tertiary/aromatic N) is 3. The van der Waals surface area contributed by atoms with Gasteiger partial charge in [-0.15, -0.1) is 0 Å². The van der Waals surface area contributed by atoms with Crippen LogP contribution in [-0.2, 0) is 0 Å². The van der Waals surface area contributed by atoms with Crippen LogP contribution in [-0.4, -0.2) is 23.2 Å². The second-order valence-corrected chi connectivity index (χ2v) is 7.60. The number of aryl methyl sites for hydroxylation is 1. The van der Waals surface area contributed by atoms with E-state index in [9.17, 15) is 14.5 Å². The number of nitro groups is 1. The van der Waals surface area contributed by atoms with Crippen LogP contribution in [0.25, 0.3) is 5.57 Å². The molecule has 5 nitrogen and oxygen atoms in total. The van der Waals surface area contributed by atoms with E-state index < -0.39 is 4.92 Å². The fraction of sp³-hybridized carbons (Fsp3) is 0.318. The molecule has 0 unspecified atom stereocenters. The summed E-state index contributed by atoms with van der Waals surface area (Å²) >= 11 is 0. The predicted octanol–water partition coefficient (Wildman–Crippen LogP) is 5.81. The van der Waals surface area contributed by atoms with Crippen LogP contribution in [0, 0.1) is 22.9 Å². The van der Waals surface area contributed by atoms with Gasteiger partial charge in [0, 0.05) is 41.2 Å². The minimum absolute atomic E-state index is 0.000148. The van der Waals surface area contributed by atoms with Gasteiger partial charge in [-0.05, 0) is 58.4 Å². The molecule has 2 aromatic carbocycles. The maximum absolute atomic E-state index is 14.8. The molecule has 28 heavy (non-hydrogen) atoms. The van der Waals surface area contributed by atoms with E-state index in [0.29, 0.717) is 16.8 Å². The average molecular weight is 381 g/mol. The van der Waals surface area contributed by atoms with Gasteiger partial charge in [-0.25, -0.2) is 4.39 Å². The summed E-state index contributed by atoms with van der Waals surface area (Å²) in [6.45, 7) is 10.7. The lowest BCUT2D eigenvalue weighted by molar-refractivity contribution is -0.385. The number of anilines is 1. The molecule has 0 fully saturated rings. The molecule has 0 bridgehead atoms. The Kier molecular flexibility index (Phi) is 5.06. The highest BCUT2D eigenvalue weighted by Crippen LogP contribution is 2.39. The molecule has 0 N–H and O–H groups in total. The normalized spacial score (nSPS) is 15.5. The molecule has 6 heteroatoms. The van der Waals surface area contributed by atoms with Gasteiger partial charge >= 0.3 is 0 Å². The molecular weight excluding hydrogens is 357 g/mol. The molecule has 0 amide bonds. The van der Waals surface area contributed by atoms with Crippen LogP contribution in [0.15, 0.2) is 41.4 Å². The molecular formula is C22H24FN3O2. The summed E-state index contributed by atoms with van der Waals surface area (Å²) in [5.41, 5.74) is 4.07. The Morgan fingerprint density at radius 2 is 1.96 bits per heavy atom. The van der Waals surface area contributed by atoms with Crippen molar-refractivity contribution in [2.24, 2.45) is 4.99 Å². The van der Waals surface area contributed by atoms with Crippen molar-refractivity contribution in [1.82, 2.24) is 0 Å². The van der Waals surface area contributed by atoms with Gasteiger partial charge in [0.1, 0.15) is 5.82 Å². The molecule has 1 aliphatic heterocycles. The lowest BCUT2D eigenvalue weighted by Gasteiger charge is -2.42. The van der Waals surface area contributed by atoms with E-state index in [1.807, 2.05) is 6.92 Å². The van der Waals surface area contributed by atoms with Crippen molar-refractivity contribution < 1.29 is 9.31 Å². The monoisotopic (exact) mass is 381 g/mol. The van der Waals surface area contributed by atoms with Crippen molar-refractivity contribution in [2.75, 3.05) is 11.4 Å². The molecule has 0 saturated heterocycles. The first kappa shape index (κ1) is 19.7. The van der Waals surface area contributed by atoms with Crippen LogP contribution >= 0.6 is 0 Å². The standard InChI is InChI=1S/C22H24FN3O2/c1-6-25-21-11-19(23)16(9-18(21)15(3)12-22(25,4)5)13-24-17-8-7-14(2)20(10-17)26(27)28/h7-13H,6H2,1-5H3. The highest BCUT2D eigenvalue weighted by molar-refractivity contribution is 5.89. The maximum Gasteiger partial charge on any atom is 0.274 e. The Morgan fingerprint density at radius 3 is 2.61 bits per heavy atom. The highest BCUT2D eigenvalue weighted by Gasteiger charge is 2.30. The van der Waals surface area contributed by atoms with Crippen molar-refractivity contribution in [3.05, 3.63) is 69.0 Å². The molecule has 0 saturated carbocycles. The molecule has 0 spiro atoms. The van der Waals surface area contributed by atoms with Crippen molar-refractivity contribution in [2.45, 2.75) is 40.2 Å². The zero-order valence-corrected chi connectivity index (χ0v) is 16.8. The summed E-state index contributed by atoms with van der Waals surface area (Å²) in [4.78, 5) is 17.1. The smallest absolute Gasteiger partial charge is 0.274 e. The fourth-order valence-electron chi connectivity index (χ4n) is 3.81. The number of benzene rings is 2. The Hall–Kier alpha value is -3.02. The van der Waals surface area contributed by atoms with Crippen molar-refractivity contribution >= 4 is 28.8 Å². The van der Waals surface area contributed by atoms with Crippen molar-refractivity contribution in [3.63, 3.8) is 0 Å². The maximum atomic E-state index is 14.8. The lowest BCUT2D eigenvalue weighted by Crippen LogP contribution is -2.45. The third kappa shape index (κ3) is 3.54. The Balaban J connectivity index is 2.02. The van der Waals surface area contributed by atoms with Crippen LogP contribution in [0.1, 0.15) is 44.4 Å². The summed E-state index contributed by atoms with van der Waals surface area (Å²) in [5, 5.41) is 11.1. The first-order valence-electron chi connectivity index (χ1n) is 9.24. The number of halogens is 1. The van der Waals surface area contributed by atoms with E-state index in [2.05, 4.69) is 36.7 Å². The number of nitro benzene ring substituents is 1. The van der Waals surface area contributed by atoms with Gasteiger partial charge in [-0.2, -0.15) is 0 Å². The van der Waals surface area contributed by atoms with Crippen LogP contribution in [0.3, 0.4) is 0 Å². The van der Waals surface area contributed by atoms with E-state index in [-0.39, 0.29) is 17.0 Å². The number of hydrogen-bond acceptors (Lipinski definition) is 4. The van der Waals surface area contributed by atoms with Gasteiger partial charge in [-0.1, -0.05) is 12.1 Å². The van der Waals surface area contributed by atoms with Crippen LogP contribution in [0.2, 0.25) is 0 Å². The van der Waals surface area contributed by atoms with Gasteiger partial charge in [0.2, 0.25) is 0 Å². The summed E-state index contributed by atoms with van der Waals surface area (Å²) < 4.78 is 14.8. The fourth-order valence-corrected chi connectivity index (χ4v) is 3.81. The van der Waals surface area contributed by atoms with Crippen molar-refractivity contribution in [3.8, 4) is 0 Å². The predicted molar refractivity (Wildman–Crippen MR) is 112 cm³/mol. The first-order chi connectivity index (χ1) is 13.1. The molecule has 0 atom stereocenters. The molecule has 0 aromatic heterocycles. The first-order valence-corrected chi connectivity index (χ1v) is 9.24. The van der Waals surface area contributed by atoms with Gasteiger partial charge in [0.25, 0.3) is 5.69 Å². The van der Waals surface area contributed by atoms with E-state index in [1.54, 1.807) is 31.2 Å². The molecule has 1 heterocycles. The van der Waals surface area contributed by atoms with Gasteiger partial charge in [0.15, 0.2) is 0 Å². The summed E-state index contributed by atoms with van der Waals surface area (Å²) in [6.07, 6.45) is 3.61. The third-order valence-corrected chi connectivity index (χ3v) is 5.15. The van der Waals surface area contributed by atoms with Crippen LogP contribution in [0.4, 0.5) is 21.5 Å². The number of aliphatic imine (C=N–C) groups is 1. The number of rotatable bonds is 4. The number of allylic oxidation sites excluding steroid dienone is 1. The van der Waals surface area contributed by atoms with E-state index >= 15 is 0 Å². The largest absolute Gasteiger partial charge is 0.363 e. The second kappa shape index (κ2) is 7.19. The topological polar surface area (TPSA) is 58.7 Å². The minimum Gasteiger partial charge on any atom is -0.363 e. The number of hydrogen-bond donors (Lipinski definition) is 0. The zero-order valence-electron chi connectivity index (χ0n) is 16.8. The van der Waals surface area contributed by atoms with Gasteiger partial charge in [-0.3, -0.25) is 15.1 Å². The van der Waals surface area contributed by atoms with Crippen LogP contribution < -0.4 is 4.90 Å². The Morgan fingerprint density at radius 1 is 1.25 bits per heavy atom. The minimum atomic E-state index is -0.441. The van der Waals surface area contributed by atoms with E-state index in [0.717, 1.165) is 23.4 Å². The van der Waals surface area contributed by atoms with Gasteiger partial charge in [0.05, 0.1) is 16.1 Å². The molecule has 0 radical (unpaired) electrons. The quantitative estimate of drug-likeness (QED) is 0.381. The summed E-state index contributed by atoms with van der Waals surface area (Å²) in [7, 11) is 0. The van der Waals surface area contributed by atoms with E-state index in [1.165, 1.54) is 12.3 Å². The summed E-state index contributed by atoms with van der Waals surface area (Å²) in [5.74, 6) is -0.368. The third-order valence-electron chi connectivity index (χ3n) is 5.15. The molecule has 3 rings (SSSR count). The summed E-state index contributed by atoms with van der Waals surface area (Å²) in [6, 6.07) is 8.06. The SMILES string of the molecule is CCN1c2cc(F)c(C=Nc3ccc(C)c([N+](=O)[O-])c3)cc2C(C)=CC1(C)C. The lowest BCUT2D eigenvalue weighted by atomic mass is 9.88. The molecule has 2 aromatic rings. The van der Waals surface area contributed by atoms with E-state index in [4.69, 9.17) is 0 Å². The Labute approximate surface area is 164 Å². The highest BCUT2D eigenvalue weighted by atomic mass is 19.1. The molecule has 146 valence electrons. The number of likely N-dealkylation sites (N-methyl/N-ethyl adjacent to an activating group) is 1. The van der Waals surface area contributed by atoms with Crippen molar-refractivity contribution in [1.29, 1.82) is 0 Å². The average Bonchev–Trinajstić information content (AvgIpc) is 2.60. The molecule has 1 aliphatic rings. The Bertz CT molecular complexity index is 1010. The molecule has 0 aliphatic carbocycles. The second-order valence-electron chi connectivity index (χ2n) is 7.60. The van der Waals surface area contributed by atoms with Crippen LogP contribution in [0.5, 0.6) is 0 Å². The zero-order chi connectivity index (χ0) is 20.6. The number of fused-ring (bicyclic) bond motifs is 1. The van der Waals surface area contributed by atoms with Gasteiger partial charge < -0.3 is 4.90 Å².